The van der Waals surface area contributed by atoms with E-state index in [1.54, 1.807) is 0 Å². The van der Waals surface area contributed by atoms with Gasteiger partial charge in [-0.1, -0.05) is 6.92 Å². The van der Waals surface area contributed by atoms with E-state index in [9.17, 15) is 5.11 Å². The van der Waals surface area contributed by atoms with Crippen molar-refractivity contribution in [1.82, 2.24) is 0 Å². The Kier molecular flexibility index (Phi) is 1.43. The number of allylic oxidation sites excluding steroid dienone is 1. The molecule has 0 atom stereocenters. The van der Waals surface area contributed by atoms with Gasteiger partial charge in [0.1, 0.15) is 11.6 Å². The molecule has 3 nitrogen and oxygen atoms in total. The molecule has 0 heterocycles. The van der Waals surface area contributed by atoms with E-state index < -0.39 is 0 Å². The average molecular weight is 140 g/mol. The molecule has 56 valence electrons. The minimum absolute atomic E-state index is 0.0638. The number of nitrogens with two attached hydrogens (primary N) is 1. The first-order valence-electron chi connectivity index (χ1n) is 3.30. The standard InChI is InChI=1S/C7H12N2O/c1-7(2-3-7)5(10)4-6(8)9/h4,10H,2-3H2,1H3,(H3,8,9)/b5-4-. The zero-order chi connectivity index (χ0) is 7.78. The Hall–Kier alpha value is -0.990. The van der Waals surface area contributed by atoms with Crippen molar-refractivity contribution >= 4 is 5.84 Å². The van der Waals surface area contributed by atoms with Crippen LogP contribution in [-0.4, -0.2) is 10.9 Å². The van der Waals surface area contributed by atoms with E-state index in [1.807, 2.05) is 6.92 Å². The lowest BCUT2D eigenvalue weighted by Crippen LogP contribution is -2.09. The molecule has 1 fully saturated rings. The van der Waals surface area contributed by atoms with Gasteiger partial charge in [0.2, 0.25) is 0 Å². The van der Waals surface area contributed by atoms with Crippen LogP contribution in [0.1, 0.15) is 19.8 Å². The number of hydrogen-bond donors (Lipinski definition) is 3. The van der Waals surface area contributed by atoms with Crippen molar-refractivity contribution in [3.8, 4) is 0 Å². The lowest BCUT2D eigenvalue weighted by atomic mass is 10.1. The smallest absolute Gasteiger partial charge is 0.118 e. The van der Waals surface area contributed by atoms with Gasteiger partial charge in [0.25, 0.3) is 0 Å². The van der Waals surface area contributed by atoms with Crippen LogP contribution >= 0.6 is 0 Å². The largest absolute Gasteiger partial charge is 0.512 e. The van der Waals surface area contributed by atoms with Crippen molar-refractivity contribution in [3.05, 3.63) is 11.8 Å². The van der Waals surface area contributed by atoms with Gasteiger partial charge in [-0.25, -0.2) is 0 Å². The van der Waals surface area contributed by atoms with Gasteiger partial charge in [-0.3, -0.25) is 5.41 Å². The lowest BCUT2D eigenvalue weighted by Gasteiger charge is -2.04. The number of amidine groups is 1. The lowest BCUT2D eigenvalue weighted by molar-refractivity contribution is 0.330. The van der Waals surface area contributed by atoms with E-state index >= 15 is 0 Å². The second-order valence-corrected chi connectivity index (χ2v) is 3.05. The van der Waals surface area contributed by atoms with Gasteiger partial charge >= 0.3 is 0 Å². The summed E-state index contributed by atoms with van der Waals surface area (Å²) in [5.74, 6) is 0.172. The SMILES string of the molecule is CC1(/C(O)=C/C(=N)N)CC1. The highest BCUT2D eigenvalue weighted by molar-refractivity contribution is 5.89. The van der Waals surface area contributed by atoms with Crippen LogP contribution in [0.5, 0.6) is 0 Å². The third kappa shape index (κ3) is 1.29. The van der Waals surface area contributed by atoms with Crippen LogP contribution in [0.15, 0.2) is 11.8 Å². The second-order valence-electron chi connectivity index (χ2n) is 3.05. The normalized spacial score (nSPS) is 22.3. The van der Waals surface area contributed by atoms with Crippen LogP contribution < -0.4 is 5.73 Å². The van der Waals surface area contributed by atoms with Crippen molar-refractivity contribution in [2.24, 2.45) is 11.1 Å². The van der Waals surface area contributed by atoms with E-state index in [1.165, 1.54) is 6.08 Å². The van der Waals surface area contributed by atoms with Gasteiger partial charge in [0, 0.05) is 11.5 Å². The number of rotatable bonds is 2. The molecule has 1 aliphatic carbocycles. The zero-order valence-electron chi connectivity index (χ0n) is 6.02. The van der Waals surface area contributed by atoms with E-state index in [4.69, 9.17) is 11.1 Å². The van der Waals surface area contributed by atoms with Crippen molar-refractivity contribution < 1.29 is 5.11 Å². The summed E-state index contributed by atoms with van der Waals surface area (Å²) in [7, 11) is 0. The van der Waals surface area contributed by atoms with Crippen LogP contribution in [0, 0.1) is 10.8 Å². The van der Waals surface area contributed by atoms with Crippen LogP contribution in [0.4, 0.5) is 0 Å². The highest BCUT2D eigenvalue weighted by atomic mass is 16.3. The highest BCUT2D eigenvalue weighted by Gasteiger charge is 2.41. The fourth-order valence-electron chi connectivity index (χ4n) is 0.765. The first kappa shape index (κ1) is 7.12. The van der Waals surface area contributed by atoms with Crippen molar-refractivity contribution in [2.45, 2.75) is 19.8 Å². The molecule has 0 saturated heterocycles. The van der Waals surface area contributed by atoms with E-state index in [0.717, 1.165) is 12.8 Å². The molecule has 10 heavy (non-hydrogen) atoms. The molecular formula is C7H12N2O. The van der Waals surface area contributed by atoms with Crippen molar-refractivity contribution in [1.29, 1.82) is 5.41 Å². The average Bonchev–Trinajstić information content (AvgIpc) is 2.47. The quantitative estimate of drug-likeness (QED) is 0.306. The molecule has 0 aliphatic heterocycles. The molecule has 1 rings (SSSR count). The summed E-state index contributed by atoms with van der Waals surface area (Å²) >= 11 is 0. The zero-order valence-corrected chi connectivity index (χ0v) is 6.02. The predicted octanol–water partition coefficient (Wildman–Crippen LogP) is 1.16. The molecule has 0 aromatic carbocycles. The van der Waals surface area contributed by atoms with Crippen molar-refractivity contribution in [3.63, 3.8) is 0 Å². The molecule has 0 aromatic rings. The number of aliphatic hydroxyl groups is 1. The molecule has 0 bridgehead atoms. The van der Waals surface area contributed by atoms with Gasteiger partial charge in [-0.05, 0) is 12.8 Å². The summed E-state index contributed by atoms with van der Waals surface area (Å²) in [4.78, 5) is 0. The fraction of sp³-hybridized carbons (Fsp3) is 0.571. The molecular weight excluding hydrogens is 128 g/mol. The first-order chi connectivity index (χ1) is 4.54. The third-order valence-corrected chi connectivity index (χ3v) is 1.91. The summed E-state index contributed by atoms with van der Waals surface area (Å²) in [6.45, 7) is 1.96. The van der Waals surface area contributed by atoms with Crippen LogP contribution in [-0.2, 0) is 0 Å². The summed E-state index contributed by atoms with van der Waals surface area (Å²) in [5.41, 5.74) is 5.00. The maximum atomic E-state index is 9.26. The number of aliphatic hydroxyl groups excluding tert-OH is 1. The molecule has 0 spiro atoms. The highest BCUT2D eigenvalue weighted by Crippen LogP contribution is 2.50. The van der Waals surface area contributed by atoms with Gasteiger partial charge in [0.15, 0.2) is 0 Å². The van der Waals surface area contributed by atoms with E-state index in [0.29, 0.717) is 0 Å². The maximum Gasteiger partial charge on any atom is 0.118 e. The summed E-state index contributed by atoms with van der Waals surface area (Å²) in [6.07, 6.45) is 3.32. The Morgan fingerprint density at radius 1 is 1.70 bits per heavy atom. The topological polar surface area (TPSA) is 70.1 Å². The van der Waals surface area contributed by atoms with Gasteiger partial charge in [0.05, 0.1) is 0 Å². The Morgan fingerprint density at radius 2 is 2.20 bits per heavy atom. The van der Waals surface area contributed by atoms with E-state index in [-0.39, 0.29) is 17.0 Å². The van der Waals surface area contributed by atoms with Crippen LogP contribution in [0.2, 0.25) is 0 Å². The maximum absolute atomic E-state index is 9.26. The van der Waals surface area contributed by atoms with Crippen LogP contribution in [0.25, 0.3) is 0 Å². The molecule has 0 aromatic heterocycles. The van der Waals surface area contributed by atoms with Crippen molar-refractivity contribution in [2.75, 3.05) is 0 Å². The summed E-state index contributed by atoms with van der Waals surface area (Å²) in [5, 5.41) is 16.1. The summed E-state index contributed by atoms with van der Waals surface area (Å²) < 4.78 is 0. The third-order valence-electron chi connectivity index (χ3n) is 1.91. The molecule has 1 aliphatic rings. The van der Waals surface area contributed by atoms with Crippen LogP contribution in [0.3, 0.4) is 0 Å². The molecule has 4 N–H and O–H groups in total. The fourth-order valence-corrected chi connectivity index (χ4v) is 0.765. The molecule has 0 radical (unpaired) electrons. The van der Waals surface area contributed by atoms with Gasteiger partial charge in [-0.15, -0.1) is 0 Å². The monoisotopic (exact) mass is 140 g/mol. The summed E-state index contributed by atoms with van der Waals surface area (Å²) in [6, 6.07) is 0. The minimum Gasteiger partial charge on any atom is -0.512 e. The van der Waals surface area contributed by atoms with E-state index in [2.05, 4.69) is 0 Å². The number of nitrogens with one attached hydrogen (secondary N) is 1. The Bertz CT molecular complexity index is 192. The Morgan fingerprint density at radius 3 is 2.50 bits per heavy atom. The first-order valence-corrected chi connectivity index (χ1v) is 3.30. The minimum atomic E-state index is -0.0781. The number of hydrogen-bond acceptors (Lipinski definition) is 2. The van der Waals surface area contributed by atoms with Gasteiger partial charge in [-0.2, -0.15) is 0 Å². The Labute approximate surface area is 60.1 Å². The Balaban J connectivity index is 2.64. The predicted molar refractivity (Wildman–Crippen MR) is 40.0 cm³/mol. The second kappa shape index (κ2) is 2.01. The molecule has 0 amide bonds. The molecule has 3 heteroatoms. The molecule has 1 saturated carbocycles. The molecule has 0 unspecified atom stereocenters. The van der Waals surface area contributed by atoms with Gasteiger partial charge < -0.3 is 10.8 Å².